The summed E-state index contributed by atoms with van der Waals surface area (Å²) in [5.41, 5.74) is 0.681. The molecule has 0 aliphatic carbocycles. The second-order valence-electron chi connectivity index (χ2n) is 3.02. The highest BCUT2D eigenvalue weighted by Gasteiger charge is 2.05. The first-order valence-corrected chi connectivity index (χ1v) is 4.51. The average molecular weight is 202 g/mol. The van der Waals surface area contributed by atoms with Gasteiger partial charge in [0.25, 0.3) is 0 Å². The van der Waals surface area contributed by atoms with Crippen molar-refractivity contribution in [3.05, 3.63) is 42.4 Å². The number of phenolic OH excluding ortho intramolecular Hbond substituents is 1. The van der Waals surface area contributed by atoms with Gasteiger partial charge >= 0.3 is 0 Å². The molecule has 0 aliphatic heterocycles. The lowest BCUT2D eigenvalue weighted by atomic mass is 10.3. The lowest BCUT2D eigenvalue weighted by Gasteiger charge is -2.07. The summed E-state index contributed by atoms with van der Waals surface area (Å²) in [6, 6.07) is 6.73. The molecular weight excluding hydrogens is 192 g/mol. The van der Waals surface area contributed by atoms with Crippen LogP contribution in [0, 0.1) is 6.92 Å². The van der Waals surface area contributed by atoms with Crippen LogP contribution in [-0.2, 0) is 0 Å². The zero-order valence-corrected chi connectivity index (χ0v) is 8.21. The van der Waals surface area contributed by atoms with Gasteiger partial charge in [0.1, 0.15) is 0 Å². The van der Waals surface area contributed by atoms with Gasteiger partial charge in [-0.3, -0.25) is 4.98 Å². The maximum atomic E-state index is 9.49. The molecule has 0 saturated carbocycles. The van der Waals surface area contributed by atoms with Crippen molar-refractivity contribution in [1.29, 1.82) is 0 Å². The third-order valence-corrected chi connectivity index (χ3v) is 1.91. The van der Waals surface area contributed by atoms with E-state index in [-0.39, 0.29) is 5.75 Å². The van der Waals surface area contributed by atoms with E-state index in [0.29, 0.717) is 17.3 Å². The number of para-hydroxylation sites is 2. The van der Waals surface area contributed by atoms with Crippen LogP contribution in [0.4, 0.5) is 0 Å². The number of ether oxygens (including phenoxy) is 1. The van der Waals surface area contributed by atoms with Crippen molar-refractivity contribution in [2.75, 3.05) is 0 Å². The number of nitrogens with zero attached hydrogens (tertiary/aromatic N) is 2. The molecule has 0 fully saturated rings. The lowest BCUT2D eigenvalue weighted by Crippen LogP contribution is -1.92. The van der Waals surface area contributed by atoms with E-state index in [1.807, 2.05) is 0 Å². The van der Waals surface area contributed by atoms with Crippen LogP contribution in [0.2, 0.25) is 0 Å². The fraction of sp³-hybridized carbons (Fsp3) is 0.0909. The van der Waals surface area contributed by atoms with Gasteiger partial charge in [0.05, 0.1) is 5.69 Å². The first-order chi connectivity index (χ1) is 7.27. The van der Waals surface area contributed by atoms with Crippen molar-refractivity contribution in [2.45, 2.75) is 6.92 Å². The summed E-state index contributed by atoms with van der Waals surface area (Å²) in [4.78, 5) is 8.05. The fourth-order valence-electron chi connectivity index (χ4n) is 1.14. The van der Waals surface area contributed by atoms with E-state index < -0.39 is 0 Å². The number of aromatic nitrogens is 2. The van der Waals surface area contributed by atoms with Gasteiger partial charge in [-0.1, -0.05) is 12.1 Å². The summed E-state index contributed by atoms with van der Waals surface area (Å²) < 4.78 is 5.42. The molecule has 2 aromatic rings. The van der Waals surface area contributed by atoms with Crippen molar-refractivity contribution in [2.24, 2.45) is 0 Å². The van der Waals surface area contributed by atoms with Gasteiger partial charge in [-0.15, -0.1) is 0 Å². The summed E-state index contributed by atoms with van der Waals surface area (Å²) >= 11 is 0. The highest BCUT2D eigenvalue weighted by molar-refractivity contribution is 5.40. The summed E-state index contributed by atoms with van der Waals surface area (Å²) in [7, 11) is 0. The number of phenols is 1. The molecule has 15 heavy (non-hydrogen) atoms. The second-order valence-corrected chi connectivity index (χ2v) is 3.02. The highest BCUT2D eigenvalue weighted by atomic mass is 16.5. The largest absolute Gasteiger partial charge is 0.504 e. The predicted octanol–water partition coefficient (Wildman–Crippen LogP) is 2.28. The standard InChI is InChI=1S/C11H10N2O2/c1-8-11(13-7-6-12-8)15-10-5-3-2-4-9(10)14/h2-7,14H,1H3. The Kier molecular flexibility index (Phi) is 2.49. The molecule has 4 heteroatoms. The first kappa shape index (κ1) is 9.45. The van der Waals surface area contributed by atoms with E-state index in [1.54, 1.807) is 43.6 Å². The highest BCUT2D eigenvalue weighted by Crippen LogP contribution is 2.29. The van der Waals surface area contributed by atoms with Gasteiger partial charge in [-0.05, 0) is 19.1 Å². The molecule has 0 aliphatic rings. The Morgan fingerprint density at radius 3 is 2.60 bits per heavy atom. The van der Waals surface area contributed by atoms with E-state index >= 15 is 0 Å². The molecule has 0 radical (unpaired) electrons. The number of benzene rings is 1. The first-order valence-electron chi connectivity index (χ1n) is 4.51. The van der Waals surface area contributed by atoms with E-state index in [2.05, 4.69) is 9.97 Å². The molecule has 0 atom stereocenters. The van der Waals surface area contributed by atoms with Gasteiger partial charge in [-0.2, -0.15) is 0 Å². The van der Waals surface area contributed by atoms with Crippen LogP contribution in [0.15, 0.2) is 36.7 Å². The summed E-state index contributed by atoms with van der Waals surface area (Å²) in [5.74, 6) is 0.864. The summed E-state index contributed by atoms with van der Waals surface area (Å²) in [6.45, 7) is 1.79. The van der Waals surface area contributed by atoms with Crippen LogP contribution >= 0.6 is 0 Å². The van der Waals surface area contributed by atoms with E-state index in [1.165, 1.54) is 0 Å². The maximum Gasteiger partial charge on any atom is 0.241 e. The van der Waals surface area contributed by atoms with Gasteiger partial charge in [0.2, 0.25) is 5.88 Å². The minimum atomic E-state index is 0.0857. The summed E-state index contributed by atoms with van der Waals surface area (Å²) in [6.07, 6.45) is 3.13. The predicted molar refractivity (Wildman–Crippen MR) is 54.9 cm³/mol. The van der Waals surface area contributed by atoms with Crippen LogP contribution in [-0.4, -0.2) is 15.1 Å². The van der Waals surface area contributed by atoms with Crippen molar-refractivity contribution >= 4 is 0 Å². The van der Waals surface area contributed by atoms with Crippen LogP contribution in [0.1, 0.15) is 5.69 Å². The maximum absolute atomic E-state index is 9.49. The molecule has 0 saturated heterocycles. The third-order valence-electron chi connectivity index (χ3n) is 1.91. The van der Waals surface area contributed by atoms with Crippen molar-refractivity contribution in [1.82, 2.24) is 9.97 Å². The number of hydrogen-bond acceptors (Lipinski definition) is 4. The van der Waals surface area contributed by atoms with E-state index in [9.17, 15) is 5.11 Å². The topological polar surface area (TPSA) is 55.2 Å². The summed E-state index contributed by atoms with van der Waals surface area (Å²) in [5, 5.41) is 9.49. The minimum Gasteiger partial charge on any atom is -0.504 e. The van der Waals surface area contributed by atoms with Crippen LogP contribution in [0.5, 0.6) is 17.4 Å². The van der Waals surface area contributed by atoms with Crippen molar-refractivity contribution in [3.63, 3.8) is 0 Å². The number of aromatic hydroxyl groups is 1. The Hall–Kier alpha value is -2.10. The van der Waals surface area contributed by atoms with Crippen molar-refractivity contribution in [3.8, 4) is 17.4 Å². The molecule has 1 N–H and O–H groups in total. The Morgan fingerprint density at radius 2 is 1.87 bits per heavy atom. The van der Waals surface area contributed by atoms with E-state index in [0.717, 1.165) is 0 Å². The van der Waals surface area contributed by atoms with Crippen LogP contribution in [0.25, 0.3) is 0 Å². The number of hydrogen-bond donors (Lipinski definition) is 1. The molecule has 2 rings (SSSR count). The number of aryl methyl sites for hydroxylation is 1. The third kappa shape index (κ3) is 2.04. The molecule has 76 valence electrons. The fourth-order valence-corrected chi connectivity index (χ4v) is 1.14. The lowest BCUT2D eigenvalue weighted by molar-refractivity contribution is 0.399. The number of rotatable bonds is 2. The van der Waals surface area contributed by atoms with Crippen LogP contribution < -0.4 is 4.74 Å². The quantitative estimate of drug-likeness (QED) is 0.811. The zero-order chi connectivity index (χ0) is 10.7. The molecular formula is C11H10N2O2. The second kappa shape index (κ2) is 3.96. The monoisotopic (exact) mass is 202 g/mol. The normalized spacial score (nSPS) is 9.93. The molecule has 0 amide bonds. The Bertz CT molecular complexity index is 428. The molecule has 0 spiro atoms. The molecule has 1 aromatic carbocycles. The Labute approximate surface area is 87.2 Å². The van der Waals surface area contributed by atoms with Gasteiger partial charge in [0.15, 0.2) is 11.5 Å². The zero-order valence-electron chi connectivity index (χ0n) is 8.21. The van der Waals surface area contributed by atoms with Gasteiger partial charge < -0.3 is 9.84 Å². The SMILES string of the molecule is Cc1nccnc1Oc1ccccc1O. The smallest absolute Gasteiger partial charge is 0.241 e. The van der Waals surface area contributed by atoms with E-state index in [4.69, 9.17) is 4.74 Å². The van der Waals surface area contributed by atoms with Crippen LogP contribution in [0.3, 0.4) is 0 Å². The van der Waals surface area contributed by atoms with Crippen molar-refractivity contribution < 1.29 is 9.84 Å². The molecule has 0 unspecified atom stereocenters. The van der Waals surface area contributed by atoms with Gasteiger partial charge in [0, 0.05) is 12.4 Å². The Balaban J connectivity index is 2.30. The molecule has 4 nitrogen and oxygen atoms in total. The van der Waals surface area contributed by atoms with Gasteiger partial charge in [-0.25, -0.2) is 4.98 Å². The Morgan fingerprint density at radius 1 is 1.13 bits per heavy atom. The minimum absolute atomic E-state index is 0.0857. The average Bonchev–Trinajstić information content (AvgIpc) is 2.24. The molecule has 0 bridgehead atoms. The molecule has 1 aromatic heterocycles. The molecule has 1 heterocycles.